The Hall–Kier alpha value is -0.610. The Labute approximate surface area is 114 Å². The molecule has 0 aromatic heterocycles. The lowest BCUT2D eigenvalue weighted by Crippen LogP contribution is -2.48. The number of benzene rings is 1. The molecule has 3 nitrogen and oxygen atoms in total. The van der Waals surface area contributed by atoms with E-state index in [2.05, 4.69) is 30.9 Å². The quantitative estimate of drug-likeness (QED) is 0.915. The smallest absolute Gasteiger partial charge is 0.0678 e. The van der Waals surface area contributed by atoms with Gasteiger partial charge in [-0.1, -0.05) is 23.7 Å². The van der Waals surface area contributed by atoms with E-state index < -0.39 is 0 Å². The van der Waals surface area contributed by atoms with Crippen LogP contribution in [0.15, 0.2) is 24.3 Å². The molecule has 0 saturated carbocycles. The van der Waals surface area contributed by atoms with Crippen LogP contribution in [0.1, 0.15) is 25.5 Å². The zero-order valence-corrected chi connectivity index (χ0v) is 11.7. The molecule has 1 aliphatic heterocycles. The van der Waals surface area contributed by atoms with Gasteiger partial charge < -0.3 is 10.5 Å². The molecule has 0 amide bonds. The highest BCUT2D eigenvalue weighted by molar-refractivity contribution is 6.30. The Morgan fingerprint density at radius 3 is 2.33 bits per heavy atom. The molecule has 18 heavy (non-hydrogen) atoms. The van der Waals surface area contributed by atoms with Crippen LogP contribution in [0.3, 0.4) is 0 Å². The first-order valence-corrected chi connectivity index (χ1v) is 6.83. The number of halogens is 1. The molecule has 1 saturated heterocycles. The van der Waals surface area contributed by atoms with E-state index >= 15 is 0 Å². The Morgan fingerprint density at radius 2 is 1.83 bits per heavy atom. The molecule has 0 spiro atoms. The maximum atomic E-state index is 5.95. The van der Waals surface area contributed by atoms with Gasteiger partial charge in [-0.05, 0) is 31.5 Å². The van der Waals surface area contributed by atoms with Crippen LogP contribution in [-0.4, -0.2) is 36.7 Å². The van der Waals surface area contributed by atoms with Crippen LogP contribution >= 0.6 is 11.6 Å². The molecule has 3 atom stereocenters. The minimum Gasteiger partial charge on any atom is -0.373 e. The van der Waals surface area contributed by atoms with Crippen LogP contribution < -0.4 is 5.73 Å². The second-order valence-corrected chi connectivity index (χ2v) is 5.45. The lowest BCUT2D eigenvalue weighted by Gasteiger charge is -2.40. The van der Waals surface area contributed by atoms with Crippen molar-refractivity contribution in [1.82, 2.24) is 4.90 Å². The fourth-order valence-corrected chi connectivity index (χ4v) is 2.78. The monoisotopic (exact) mass is 268 g/mol. The molecule has 0 aliphatic carbocycles. The van der Waals surface area contributed by atoms with Crippen LogP contribution in [0.4, 0.5) is 0 Å². The van der Waals surface area contributed by atoms with Crippen LogP contribution in [0.2, 0.25) is 5.02 Å². The van der Waals surface area contributed by atoms with Crippen molar-refractivity contribution in [2.75, 3.05) is 19.6 Å². The van der Waals surface area contributed by atoms with Crippen molar-refractivity contribution < 1.29 is 4.74 Å². The summed E-state index contributed by atoms with van der Waals surface area (Å²) in [5.74, 6) is 0. The first kappa shape index (κ1) is 13.8. The number of ether oxygens (including phenoxy) is 1. The van der Waals surface area contributed by atoms with Gasteiger partial charge in [0.25, 0.3) is 0 Å². The summed E-state index contributed by atoms with van der Waals surface area (Å²) in [5.41, 5.74) is 7.17. The summed E-state index contributed by atoms with van der Waals surface area (Å²) in [6.07, 6.45) is 0.519. The molecule has 1 heterocycles. The molecule has 0 radical (unpaired) electrons. The third kappa shape index (κ3) is 3.23. The molecule has 1 aromatic carbocycles. The molecular formula is C14H21ClN2O. The van der Waals surface area contributed by atoms with E-state index in [0.29, 0.717) is 6.54 Å². The number of nitrogens with two attached hydrogens (primary N) is 1. The van der Waals surface area contributed by atoms with Gasteiger partial charge in [-0.2, -0.15) is 0 Å². The van der Waals surface area contributed by atoms with E-state index in [4.69, 9.17) is 22.1 Å². The third-order valence-corrected chi connectivity index (χ3v) is 3.62. The molecular weight excluding hydrogens is 248 g/mol. The number of nitrogens with zero attached hydrogens (tertiary/aromatic N) is 1. The van der Waals surface area contributed by atoms with Gasteiger partial charge in [0, 0.05) is 30.7 Å². The van der Waals surface area contributed by atoms with Crippen molar-refractivity contribution in [2.45, 2.75) is 32.1 Å². The number of hydrogen-bond acceptors (Lipinski definition) is 3. The average Bonchev–Trinajstić information content (AvgIpc) is 2.31. The van der Waals surface area contributed by atoms with Crippen molar-refractivity contribution in [3.8, 4) is 0 Å². The van der Waals surface area contributed by atoms with E-state index in [9.17, 15) is 0 Å². The Balaban J connectivity index is 2.14. The van der Waals surface area contributed by atoms with Gasteiger partial charge in [0.2, 0.25) is 0 Å². The summed E-state index contributed by atoms with van der Waals surface area (Å²) in [6.45, 7) is 6.68. The summed E-state index contributed by atoms with van der Waals surface area (Å²) in [7, 11) is 0. The Morgan fingerprint density at radius 1 is 1.28 bits per heavy atom. The highest BCUT2D eigenvalue weighted by Gasteiger charge is 2.27. The van der Waals surface area contributed by atoms with Crippen LogP contribution in [0.25, 0.3) is 0 Å². The van der Waals surface area contributed by atoms with Gasteiger partial charge >= 0.3 is 0 Å². The molecule has 100 valence electrons. The van der Waals surface area contributed by atoms with E-state index in [-0.39, 0.29) is 18.2 Å². The predicted octanol–water partition coefficient (Wildman–Crippen LogP) is 2.45. The Kier molecular flexibility index (Phi) is 4.62. The number of hydrogen-bond donors (Lipinski definition) is 1. The summed E-state index contributed by atoms with van der Waals surface area (Å²) >= 11 is 5.93. The molecule has 2 rings (SSSR count). The third-order valence-electron chi connectivity index (χ3n) is 3.37. The zero-order valence-electron chi connectivity index (χ0n) is 11.0. The second-order valence-electron chi connectivity index (χ2n) is 5.01. The average molecular weight is 269 g/mol. The van der Waals surface area contributed by atoms with E-state index in [1.54, 1.807) is 0 Å². The van der Waals surface area contributed by atoms with E-state index in [1.807, 2.05) is 12.1 Å². The van der Waals surface area contributed by atoms with Gasteiger partial charge in [0.05, 0.1) is 12.2 Å². The van der Waals surface area contributed by atoms with Crippen molar-refractivity contribution in [1.29, 1.82) is 0 Å². The summed E-state index contributed by atoms with van der Waals surface area (Å²) in [6, 6.07) is 8.21. The minimum atomic E-state index is 0.246. The van der Waals surface area contributed by atoms with Gasteiger partial charge in [0.15, 0.2) is 0 Å². The van der Waals surface area contributed by atoms with Crippen LogP contribution in [0, 0.1) is 0 Å². The lowest BCUT2D eigenvalue weighted by molar-refractivity contribution is -0.0799. The molecule has 1 aromatic rings. The van der Waals surface area contributed by atoms with Gasteiger partial charge in [-0.25, -0.2) is 0 Å². The topological polar surface area (TPSA) is 38.5 Å². The fraction of sp³-hybridized carbons (Fsp3) is 0.571. The maximum absolute atomic E-state index is 5.95. The van der Waals surface area contributed by atoms with Crippen molar-refractivity contribution >= 4 is 11.6 Å². The highest BCUT2D eigenvalue weighted by Crippen LogP contribution is 2.25. The normalized spacial score (nSPS) is 27.1. The predicted molar refractivity (Wildman–Crippen MR) is 74.8 cm³/mol. The Bertz CT molecular complexity index is 372. The zero-order chi connectivity index (χ0) is 13.1. The van der Waals surface area contributed by atoms with Gasteiger partial charge in [-0.15, -0.1) is 0 Å². The highest BCUT2D eigenvalue weighted by atomic mass is 35.5. The van der Waals surface area contributed by atoms with Crippen molar-refractivity contribution in [3.63, 3.8) is 0 Å². The molecule has 0 unspecified atom stereocenters. The molecule has 2 N–H and O–H groups in total. The van der Waals surface area contributed by atoms with Crippen molar-refractivity contribution in [2.24, 2.45) is 5.73 Å². The lowest BCUT2D eigenvalue weighted by atomic mass is 10.0. The summed E-state index contributed by atoms with van der Waals surface area (Å²) in [4.78, 5) is 2.40. The van der Waals surface area contributed by atoms with Crippen LogP contribution in [-0.2, 0) is 4.74 Å². The fourth-order valence-electron chi connectivity index (χ4n) is 2.65. The molecule has 1 fully saturated rings. The molecule has 4 heteroatoms. The van der Waals surface area contributed by atoms with Gasteiger partial charge in [-0.3, -0.25) is 4.90 Å². The maximum Gasteiger partial charge on any atom is 0.0678 e. The SMILES string of the molecule is C[C@H]1CN([C@@H](CN)c2ccc(Cl)cc2)C[C@H](C)O1. The van der Waals surface area contributed by atoms with Crippen LogP contribution in [0.5, 0.6) is 0 Å². The first-order chi connectivity index (χ1) is 8.60. The summed E-state index contributed by atoms with van der Waals surface area (Å²) < 4.78 is 5.76. The first-order valence-electron chi connectivity index (χ1n) is 6.45. The molecule has 0 bridgehead atoms. The summed E-state index contributed by atoms with van der Waals surface area (Å²) in [5, 5.41) is 0.762. The number of rotatable bonds is 3. The van der Waals surface area contributed by atoms with E-state index in [0.717, 1.165) is 18.1 Å². The minimum absolute atomic E-state index is 0.246. The molecule has 1 aliphatic rings. The van der Waals surface area contributed by atoms with Crippen molar-refractivity contribution in [3.05, 3.63) is 34.9 Å². The standard InChI is InChI=1S/C14H21ClN2O/c1-10-8-17(9-11(2)18-10)14(7-16)12-3-5-13(15)6-4-12/h3-6,10-11,14H,7-9,16H2,1-2H3/t10-,11-,14-/m0/s1. The largest absolute Gasteiger partial charge is 0.373 e. The van der Waals surface area contributed by atoms with E-state index in [1.165, 1.54) is 5.56 Å². The van der Waals surface area contributed by atoms with Gasteiger partial charge in [0.1, 0.15) is 0 Å². The number of morpholine rings is 1. The second kappa shape index (κ2) is 6.02.